The molecule has 0 aliphatic heterocycles. The van der Waals surface area contributed by atoms with Crippen LogP contribution in [0.2, 0.25) is 0 Å². The Kier molecular flexibility index (Phi) is 1.98. The van der Waals surface area contributed by atoms with E-state index >= 15 is 0 Å². The minimum atomic E-state index is 0.767. The maximum atomic E-state index is 4.22. The summed E-state index contributed by atoms with van der Waals surface area (Å²) in [5, 5.41) is 6.86. The van der Waals surface area contributed by atoms with E-state index in [1.807, 2.05) is 19.1 Å². The molecule has 2 aromatic heterocycles. The van der Waals surface area contributed by atoms with Crippen molar-refractivity contribution in [3.05, 3.63) is 21.7 Å². The van der Waals surface area contributed by atoms with Gasteiger partial charge in [0, 0.05) is 0 Å². The number of aromatic amines is 1. The first-order chi connectivity index (χ1) is 5.75. The van der Waals surface area contributed by atoms with Crippen molar-refractivity contribution in [3.63, 3.8) is 0 Å². The van der Waals surface area contributed by atoms with E-state index in [0.717, 1.165) is 20.3 Å². The molecule has 0 fully saturated rings. The molecule has 0 unspecified atom stereocenters. The van der Waals surface area contributed by atoms with Crippen LogP contribution in [-0.2, 0) is 0 Å². The molecule has 5 heteroatoms. The van der Waals surface area contributed by atoms with Crippen molar-refractivity contribution < 1.29 is 0 Å². The number of hydrogen-bond donors (Lipinski definition) is 1. The van der Waals surface area contributed by atoms with E-state index in [1.54, 1.807) is 11.3 Å². The first-order valence-electron chi connectivity index (χ1n) is 3.40. The number of aryl methyl sites for hydroxylation is 1. The lowest BCUT2D eigenvalue weighted by atomic mass is 10.4. The molecule has 2 aromatic rings. The summed E-state index contributed by atoms with van der Waals surface area (Å²) in [6.45, 7) is 1.89. The second-order valence-electron chi connectivity index (χ2n) is 2.35. The van der Waals surface area contributed by atoms with Crippen LogP contribution >= 0.6 is 27.3 Å². The number of nitrogens with zero attached hydrogens (tertiary/aromatic N) is 2. The first-order valence-corrected chi connectivity index (χ1v) is 5.01. The molecule has 1 N–H and O–H groups in total. The predicted octanol–water partition coefficient (Wildman–Crippen LogP) is 2.60. The highest BCUT2D eigenvalue weighted by atomic mass is 79.9. The lowest BCUT2D eigenvalue weighted by Gasteiger charge is -1.83. The Hall–Kier alpha value is -0.680. The van der Waals surface area contributed by atoms with Gasteiger partial charge in [0.25, 0.3) is 0 Å². The van der Waals surface area contributed by atoms with Crippen LogP contribution < -0.4 is 0 Å². The lowest BCUT2D eigenvalue weighted by Crippen LogP contribution is -1.73. The molecule has 0 radical (unpaired) electrons. The molecule has 0 bridgehead atoms. The smallest absolute Gasteiger partial charge is 0.191 e. The summed E-state index contributed by atoms with van der Waals surface area (Å²) in [6.07, 6.45) is 0. The normalized spacial score (nSPS) is 10.5. The Labute approximate surface area is 82.0 Å². The monoisotopic (exact) mass is 243 g/mol. The van der Waals surface area contributed by atoms with Gasteiger partial charge < -0.3 is 0 Å². The summed E-state index contributed by atoms with van der Waals surface area (Å²) >= 11 is 5.01. The zero-order valence-corrected chi connectivity index (χ0v) is 8.74. The van der Waals surface area contributed by atoms with E-state index in [2.05, 4.69) is 31.1 Å². The van der Waals surface area contributed by atoms with Crippen molar-refractivity contribution in [2.75, 3.05) is 0 Å². The fourth-order valence-electron chi connectivity index (χ4n) is 0.887. The molecule has 3 nitrogen and oxygen atoms in total. The van der Waals surface area contributed by atoms with Crippen molar-refractivity contribution in [3.8, 4) is 10.7 Å². The second kappa shape index (κ2) is 2.99. The van der Waals surface area contributed by atoms with Crippen molar-refractivity contribution in [2.24, 2.45) is 0 Å². The second-order valence-corrected chi connectivity index (χ2v) is 4.81. The number of nitrogens with one attached hydrogen (secondary N) is 1. The van der Waals surface area contributed by atoms with Crippen LogP contribution in [0.5, 0.6) is 0 Å². The van der Waals surface area contributed by atoms with Crippen LogP contribution in [-0.4, -0.2) is 15.2 Å². The molecule has 0 aliphatic carbocycles. The third kappa shape index (κ3) is 1.42. The SMILES string of the molecule is Cc1nc(-c2ccc(Br)s2)n[nH]1. The van der Waals surface area contributed by atoms with Crippen LogP contribution in [0.25, 0.3) is 10.7 Å². The van der Waals surface area contributed by atoms with Crippen molar-refractivity contribution in [1.29, 1.82) is 0 Å². The number of aromatic nitrogens is 3. The maximum Gasteiger partial charge on any atom is 0.191 e. The highest BCUT2D eigenvalue weighted by Crippen LogP contribution is 2.28. The molecule has 0 amide bonds. The van der Waals surface area contributed by atoms with Gasteiger partial charge in [-0.1, -0.05) is 0 Å². The summed E-state index contributed by atoms with van der Waals surface area (Å²) in [7, 11) is 0. The quantitative estimate of drug-likeness (QED) is 0.837. The molecule has 12 heavy (non-hydrogen) atoms. The zero-order valence-electron chi connectivity index (χ0n) is 6.34. The van der Waals surface area contributed by atoms with E-state index in [0.29, 0.717) is 0 Å². The minimum absolute atomic E-state index is 0.767. The summed E-state index contributed by atoms with van der Waals surface area (Å²) in [5.41, 5.74) is 0. The van der Waals surface area contributed by atoms with E-state index in [-0.39, 0.29) is 0 Å². The van der Waals surface area contributed by atoms with Crippen LogP contribution in [0.15, 0.2) is 15.9 Å². The highest BCUT2D eigenvalue weighted by Gasteiger charge is 2.05. The Balaban J connectivity index is 2.43. The molecule has 0 saturated carbocycles. The molecule has 62 valence electrons. The average molecular weight is 244 g/mol. The third-order valence-electron chi connectivity index (χ3n) is 1.39. The third-order valence-corrected chi connectivity index (χ3v) is 3.01. The van der Waals surface area contributed by atoms with E-state index in [1.165, 1.54) is 0 Å². The molecular weight excluding hydrogens is 238 g/mol. The Morgan fingerprint density at radius 3 is 2.83 bits per heavy atom. The lowest BCUT2D eigenvalue weighted by molar-refractivity contribution is 1.04. The molecule has 0 saturated heterocycles. The van der Waals surface area contributed by atoms with E-state index in [9.17, 15) is 0 Å². The topological polar surface area (TPSA) is 41.6 Å². The summed E-state index contributed by atoms with van der Waals surface area (Å²) in [6, 6.07) is 3.99. The van der Waals surface area contributed by atoms with Gasteiger partial charge in [-0.15, -0.1) is 11.3 Å². The maximum absolute atomic E-state index is 4.22. The van der Waals surface area contributed by atoms with Crippen LogP contribution in [0.4, 0.5) is 0 Å². The minimum Gasteiger partial charge on any atom is -0.263 e. The Bertz CT molecular complexity index is 355. The van der Waals surface area contributed by atoms with Gasteiger partial charge in [0.1, 0.15) is 5.82 Å². The van der Waals surface area contributed by atoms with Crippen molar-refractivity contribution >= 4 is 27.3 Å². The predicted molar refractivity (Wildman–Crippen MR) is 52.1 cm³/mol. The van der Waals surface area contributed by atoms with Gasteiger partial charge in [0.05, 0.1) is 8.66 Å². The summed E-state index contributed by atoms with van der Waals surface area (Å²) < 4.78 is 1.10. The number of hydrogen-bond acceptors (Lipinski definition) is 3. The molecular formula is C7H6BrN3S. The number of H-pyrrole nitrogens is 1. The first kappa shape index (κ1) is 7.94. The largest absolute Gasteiger partial charge is 0.263 e. The van der Waals surface area contributed by atoms with Crippen molar-refractivity contribution in [2.45, 2.75) is 6.92 Å². The fourth-order valence-corrected chi connectivity index (χ4v) is 2.21. The van der Waals surface area contributed by atoms with Crippen LogP contribution in [0.1, 0.15) is 5.82 Å². The molecule has 2 heterocycles. The molecule has 0 spiro atoms. The standard InChI is InChI=1S/C7H6BrN3S/c1-4-9-7(11-10-4)5-2-3-6(8)12-5/h2-3H,1H3,(H,9,10,11). The van der Waals surface area contributed by atoms with E-state index in [4.69, 9.17) is 0 Å². The van der Waals surface area contributed by atoms with Gasteiger partial charge >= 0.3 is 0 Å². The highest BCUT2D eigenvalue weighted by molar-refractivity contribution is 9.11. The summed E-state index contributed by atoms with van der Waals surface area (Å²) in [5.74, 6) is 1.61. The van der Waals surface area contributed by atoms with Crippen LogP contribution in [0, 0.1) is 6.92 Å². The van der Waals surface area contributed by atoms with Gasteiger partial charge in [-0.25, -0.2) is 4.98 Å². The Morgan fingerprint density at radius 1 is 1.50 bits per heavy atom. The summed E-state index contributed by atoms with van der Waals surface area (Å²) in [4.78, 5) is 5.29. The van der Waals surface area contributed by atoms with Gasteiger partial charge in [0.15, 0.2) is 5.82 Å². The van der Waals surface area contributed by atoms with Gasteiger partial charge in [0.2, 0.25) is 0 Å². The Morgan fingerprint density at radius 2 is 2.33 bits per heavy atom. The zero-order chi connectivity index (χ0) is 8.55. The molecule has 2 rings (SSSR count). The molecule has 0 atom stereocenters. The average Bonchev–Trinajstić information content (AvgIpc) is 2.58. The number of halogens is 1. The van der Waals surface area contributed by atoms with Gasteiger partial charge in [-0.2, -0.15) is 5.10 Å². The van der Waals surface area contributed by atoms with Crippen LogP contribution in [0.3, 0.4) is 0 Å². The fraction of sp³-hybridized carbons (Fsp3) is 0.143. The molecule has 0 aromatic carbocycles. The number of thiophene rings is 1. The van der Waals surface area contributed by atoms with E-state index < -0.39 is 0 Å². The molecule has 0 aliphatic rings. The van der Waals surface area contributed by atoms with Gasteiger partial charge in [-0.3, -0.25) is 5.10 Å². The van der Waals surface area contributed by atoms with Gasteiger partial charge in [-0.05, 0) is 35.0 Å². The van der Waals surface area contributed by atoms with Crippen molar-refractivity contribution in [1.82, 2.24) is 15.2 Å². The number of rotatable bonds is 1.